The molecule has 0 aliphatic rings. The number of hydrogen-bond donors (Lipinski definition) is 0. The van der Waals surface area contributed by atoms with Crippen LogP contribution in [0.1, 0.15) is 264 Å². The fourth-order valence-corrected chi connectivity index (χ4v) is 9.24. The van der Waals surface area contributed by atoms with Crippen molar-refractivity contribution in [2.24, 2.45) is 0 Å². The number of phosphoric acid groups is 1. The summed E-state index contributed by atoms with van der Waals surface area (Å²) in [6.07, 6.45) is 79.0. The lowest BCUT2D eigenvalue weighted by atomic mass is 10.0. The van der Waals surface area contributed by atoms with Crippen molar-refractivity contribution < 1.29 is 42.1 Å². The zero-order valence-electron chi connectivity index (χ0n) is 50.4. The molecule has 0 bridgehead atoms. The molecule has 0 radical (unpaired) electrons. The Hall–Kier alpha value is -3.07. The maximum atomic E-state index is 12.8. The lowest BCUT2D eigenvalue weighted by Gasteiger charge is -2.28. The summed E-state index contributed by atoms with van der Waals surface area (Å²) in [5.41, 5.74) is 0. The number of quaternary nitrogens is 1. The maximum Gasteiger partial charge on any atom is 0.306 e. The first-order valence-electron chi connectivity index (χ1n) is 31.4. The van der Waals surface area contributed by atoms with Gasteiger partial charge in [-0.15, -0.1) is 0 Å². The second kappa shape index (κ2) is 57.6. The van der Waals surface area contributed by atoms with Crippen LogP contribution in [0.3, 0.4) is 0 Å². The van der Waals surface area contributed by atoms with Gasteiger partial charge in [-0.1, -0.05) is 252 Å². The van der Waals surface area contributed by atoms with Crippen LogP contribution in [0.5, 0.6) is 0 Å². The Morgan fingerprint density at radius 1 is 0.416 bits per heavy atom. The fraction of sp³-hybridized carbons (Fsp3) is 0.731. The van der Waals surface area contributed by atoms with Gasteiger partial charge in [0.1, 0.15) is 19.8 Å². The van der Waals surface area contributed by atoms with Crippen LogP contribution < -0.4 is 4.89 Å². The highest BCUT2D eigenvalue weighted by atomic mass is 31.2. The van der Waals surface area contributed by atoms with E-state index >= 15 is 0 Å². The smallest absolute Gasteiger partial charge is 0.306 e. The Kier molecular flexibility index (Phi) is 55.3. The number of likely N-dealkylation sites (N-methyl/N-ethyl adjacent to an activating group) is 1. The molecular formula is C67H118NO8P. The van der Waals surface area contributed by atoms with Crippen LogP contribution >= 0.6 is 7.82 Å². The zero-order chi connectivity index (χ0) is 56.3. The van der Waals surface area contributed by atoms with Gasteiger partial charge in [-0.2, -0.15) is 0 Å². The molecule has 0 saturated heterocycles. The number of carbonyl (C=O) groups is 2. The number of nitrogens with zero attached hydrogens (tertiary/aromatic N) is 1. The monoisotopic (exact) mass is 1100 g/mol. The van der Waals surface area contributed by atoms with Crippen LogP contribution in [0.2, 0.25) is 0 Å². The molecule has 0 heterocycles. The molecule has 0 N–H and O–H groups in total. The van der Waals surface area contributed by atoms with Gasteiger partial charge < -0.3 is 27.9 Å². The van der Waals surface area contributed by atoms with E-state index in [1.54, 1.807) is 0 Å². The van der Waals surface area contributed by atoms with Crippen molar-refractivity contribution in [3.05, 3.63) is 97.2 Å². The molecule has 0 aliphatic carbocycles. The van der Waals surface area contributed by atoms with Gasteiger partial charge in [0.25, 0.3) is 7.82 Å². The van der Waals surface area contributed by atoms with E-state index in [-0.39, 0.29) is 26.1 Å². The Balaban J connectivity index is 4.04. The van der Waals surface area contributed by atoms with E-state index < -0.39 is 32.5 Å². The van der Waals surface area contributed by atoms with Crippen LogP contribution in [0.15, 0.2) is 97.2 Å². The molecule has 0 fully saturated rings. The average Bonchev–Trinajstić information content (AvgIpc) is 3.39. The summed E-state index contributed by atoms with van der Waals surface area (Å²) in [6.45, 7) is 4.12. The van der Waals surface area contributed by atoms with Crippen molar-refractivity contribution in [3.63, 3.8) is 0 Å². The van der Waals surface area contributed by atoms with Gasteiger partial charge in [-0.3, -0.25) is 14.2 Å². The third-order valence-corrected chi connectivity index (χ3v) is 14.3. The van der Waals surface area contributed by atoms with E-state index in [0.29, 0.717) is 17.4 Å². The molecule has 0 spiro atoms. The Bertz CT molecular complexity index is 1620. The Morgan fingerprint density at radius 3 is 1.12 bits per heavy atom. The van der Waals surface area contributed by atoms with Crippen LogP contribution in [-0.2, 0) is 32.7 Å². The number of unbranched alkanes of at least 4 members (excludes halogenated alkanes) is 27. The van der Waals surface area contributed by atoms with Crippen LogP contribution in [0, 0.1) is 0 Å². The van der Waals surface area contributed by atoms with E-state index in [1.165, 1.54) is 128 Å². The lowest BCUT2D eigenvalue weighted by molar-refractivity contribution is -0.870. The standard InChI is InChI=1S/C67H118NO8P/c1-6-8-10-12-14-16-18-20-22-24-25-26-27-28-29-30-31-32-33-34-35-36-37-38-39-40-41-42-43-44-46-48-50-52-54-56-58-60-67(70)76-65(64-75-77(71,72)74-62-61-68(3,4)5)63-73-66(69)59-57-55-53-51-49-47-45-23-21-19-17-15-13-11-9-7-2/h8,10,14,16,20,22-23,25-26,28-29,31-32,34-35,45,65H,6-7,9,11-13,15,17-19,21,24,27,30,33,36-44,46-64H2,1-5H3/b10-8-,16-14-,22-20-,26-25-,29-28-,32-31-,35-34-,45-23-. The molecule has 0 rings (SSSR count). The topological polar surface area (TPSA) is 111 Å². The molecule has 2 atom stereocenters. The van der Waals surface area contributed by atoms with Crippen LogP contribution in [0.25, 0.3) is 0 Å². The number of esters is 2. The first-order chi connectivity index (χ1) is 37.5. The van der Waals surface area contributed by atoms with Crippen LogP contribution in [-0.4, -0.2) is 70.0 Å². The Labute approximate surface area is 474 Å². The third-order valence-electron chi connectivity index (χ3n) is 13.3. The predicted molar refractivity (Wildman–Crippen MR) is 328 cm³/mol. The number of carbonyl (C=O) groups excluding carboxylic acids is 2. The quantitative estimate of drug-likeness (QED) is 0.0195. The molecular weight excluding hydrogens is 978 g/mol. The number of hydrogen-bond acceptors (Lipinski definition) is 8. The molecule has 444 valence electrons. The maximum absolute atomic E-state index is 12.8. The second-order valence-corrected chi connectivity index (χ2v) is 23.4. The van der Waals surface area contributed by atoms with Gasteiger partial charge in [-0.25, -0.2) is 0 Å². The van der Waals surface area contributed by atoms with Crippen LogP contribution in [0.4, 0.5) is 0 Å². The van der Waals surface area contributed by atoms with Gasteiger partial charge >= 0.3 is 11.9 Å². The fourth-order valence-electron chi connectivity index (χ4n) is 8.51. The van der Waals surface area contributed by atoms with Crippen molar-refractivity contribution in [2.45, 2.75) is 270 Å². The van der Waals surface area contributed by atoms with Gasteiger partial charge in [0, 0.05) is 12.8 Å². The first-order valence-corrected chi connectivity index (χ1v) is 32.9. The zero-order valence-corrected chi connectivity index (χ0v) is 51.3. The largest absolute Gasteiger partial charge is 0.756 e. The molecule has 2 unspecified atom stereocenters. The number of allylic oxidation sites excluding steroid dienone is 16. The molecule has 0 aliphatic heterocycles. The molecule has 0 aromatic rings. The summed E-state index contributed by atoms with van der Waals surface area (Å²) in [5, 5.41) is 0. The summed E-state index contributed by atoms with van der Waals surface area (Å²) < 4.78 is 34.2. The van der Waals surface area contributed by atoms with E-state index in [4.69, 9.17) is 18.5 Å². The summed E-state index contributed by atoms with van der Waals surface area (Å²) in [4.78, 5) is 37.9. The van der Waals surface area contributed by atoms with Crippen molar-refractivity contribution in [3.8, 4) is 0 Å². The Morgan fingerprint density at radius 2 is 0.740 bits per heavy atom. The number of rotatable bonds is 57. The molecule has 77 heavy (non-hydrogen) atoms. The second-order valence-electron chi connectivity index (χ2n) is 22.0. The summed E-state index contributed by atoms with van der Waals surface area (Å²) >= 11 is 0. The minimum atomic E-state index is -4.64. The molecule has 10 heteroatoms. The molecule has 0 aromatic heterocycles. The van der Waals surface area contributed by atoms with Crippen molar-refractivity contribution in [2.75, 3.05) is 47.5 Å². The van der Waals surface area contributed by atoms with E-state index in [1.807, 2.05) is 21.1 Å². The minimum Gasteiger partial charge on any atom is -0.756 e. The van der Waals surface area contributed by atoms with E-state index in [0.717, 1.165) is 103 Å². The summed E-state index contributed by atoms with van der Waals surface area (Å²) in [6, 6.07) is 0. The van der Waals surface area contributed by atoms with Gasteiger partial charge in [0.2, 0.25) is 0 Å². The van der Waals surface area contributed by atoms with Crippen molar-refractivity contribution >= 4 is 19.8 Å². The molecule has 0 aromatic carbocycles. The lowest BCUT2D eigenvalue weighted by Crippen LogP contribution is -2.37. The number of phosphoric ester groups is 1. The highest BCUT2D eigenvalue weighted by molar-refractivity contribution is 7.45. The SMILES string of the molecule is CC/C=C\C/C=C\C/C=C\C/C=C\C/C=C\C/C=C\C/C=C\CCCCCCCCCCCCCCCCCC(=O)OC(COC(=O)CCCCCCC/C=C\CCCCCCCCC)COP(=O)([O-])OCC[N+](C)(C)C. The highest BCUT2D eigenvalue weighted by Crippen LogP contribution is 2.38. The molecule has 0 amide bonds. The first kappa shape index (κ1) is 73.9. The average molecular weight is 1100 g/mol. The predicted octanol–water partition coefficient (Wildman–Crippen LogP) is 19.4. The van der Waals surface area contributed by atoms with Gasteiger partial charge in [-0.05, 0) is 96.3 Å². The van der Waals surface area contributed by atoms with E-state index in [9.17, 15) is 19.0 Å². The summed E-state index contributed by atoms with van der Waals surface area (Å²) in [5.74, 6) is -0.840. The van der Waals surface area contributed by atoms with Crippen molar-refractivity contribution in [1.29, 1.82) is 0 Å². The highest BCUT2D eigenvalue weighted by Gasteiger charge is 2.22. The van der Waals surface area contributed by atoms with Gasteiger partial charge in [0.15, 0.2) is 6.10 Å². The number of ether oxygens (including phenoxy) is 2. The normalized spacial score (nSPS) is 13.9. The summed E-state index contributed by atoms with van der Waals surface area (Å²) in [7, 11) is 1.16. The molecule has 0 saturated carbocycles. The van der Waals surface area contributed by atoms with Crippen molar-refractivity contribution in [1.82, 2.24) is 0 Å². The van der Waals surface area contributed by atoms with Gasteiger partial charge in [0.05, 0.1) is 27.7 Å². The third kappa shape index (κ3) is 62.0. The minimum absolute atomic E-state index is 0.0344. The molecule has 9 nitrogen and oxygen atoms in total. The van der Waals surface area contributed by atoms with E-state index in [2.05, 4.69) is 111 Å².